The minimum absolute atomic E-state index is 0.760. The van der Waals surface area contributed by atoms with Crippen molar-refractivity contribution in [2.24, 2.45) is 0 Å². The van der Waals surface area contributed by atoms with Crippen molar-refractivity contribution in [3.8, 4) is 0 Å². The number of methoxy groups -OCH3 is 1. The van der Waals surface area contributed by atoms with Crippen molar-refractivity contribution < 1.29 is 4.74 Å². The van der Waals surface area contributed by atoms with Gasteiger partial charge in [0.25, 0.3) is 0 Å². The zero-order valence-electron chi connectivity index (χ0n) is 10.2. The zero-order chi connectivity index (χ0) is 11.4. The SMILES string of the molecule is COCCCn1cc(CNC2CC2)c(C)n1. The summed E-state index contributed by atoms with van der Waals surface area (Å²) in [4.78, 5) is 0. The van der Waals surface area contributed by atoms with Crippen LogP contribution in [0.3, 0.4) is 0 Å². The van der Waals surface area contributed by atoms with Crippen molar-refractivity contribution in [1.29, 1.82) is 0 Å². The van der Waals surface area contributed by atoms with E-state index in [1.54, 1.807) is 7.11 Å². The van der Waals surface area contributed by atoms with Crippen LogP contribution in [0.2, 0.25) is 0 Å². The van der Waals surface area contributed by atoms with Gasteiger partial charge in [-0.3, -0.25) is 4.68 Å². The van der Waals surface area contributed by atoms with Crippen molar-refractivity contribution in [3.05, 3.63) is 17.5 Å². The first kappa shape index (κ1) is 11.6. The van der Waals surface area contributed by atoms with Gasteiger partial charge in [-0.2, -0.15) is 5.10 Å². The Balaban J connectivity index is 1.81. The van der Waals surface area contributed by atoms with Crippen LogP contribution in [0, 0.1) is 6.92 Å². The summed E-state index contributed by atoms with van der Waals surface area (Å²) in [5.41, 5.74) is 2.47. The number of nitrogens with one attached hydrogen (secondary N) is 1. The highest BCUT2D eigenvalue weighted by Crippen LogP contribution is 2.19. The molecule has 1 aliphatic carbocycles. The Morgan fingerprint density at radius 1 is 1.56 bits per heavy atom. The molecule has 0 spiro atoms. The number of hydrogen-bond acceptors (Lipinski definition) is 3. The van der Waals surface area contributed by atoms with Gasteiger partial charge in [0.15, 0.2) is 0 Å². The fraction of sp³-hybridized carbons (Fsp3) is 0.750. The molecule has 0 amide bonds. The lowest BCUT2D eigenvalue weighted by atomic mass is 10.2. The summed E-state index contributed by atoms with van der Waals surface area (Å²) >= 11 is 0. The third-order valence-electron chi connectivity index (χ3n) is 2.94. The van der Waals surface area contributed by atoms with E-state index in [1.165, 1.54) is 18.4 Å². The molecule has 2 rings (SSSR count). The molecule has 1 N–H and O–H groups in total. The summed E-state index contributed by atoms with van der Waals surface area (Å²) in [5.74, 6) is 0. The molecular weight excluding hydrogens is 202 g/mol. The van der Waals surface area contributed by atoms with E-state index >= 15 is 0 Å². The third-order valence-corrected chi connectivity index (χ3v) is 2.94. The monoisotopic (exact) mass is 223 g/mol. The fourth-order valence-corrected chi connectivity index (χ4v) is 1.76. The Morgan fingerprint density at radius 2 is 2.38 bits per heavy atom. The molecule has 1 saturated carbocycles. The molecule has 4 heteroatoms. The van der Waals surface area contributed by atoms with Gasteiger partial charge in [0.1, 0.15) is 0 Å². The molecule has 1 aromatic heterocycles. The van der Waals surface area contributed by atoms with Gasteiger partial charge < -0.3 is 10.1 Å². The van der Waals surface area contributed by atoms with Crippen LogP contribution in [0.4, 0.5) is 0 Å². The minimum atomic E-state index is 0.760. The predicted molar refractivity (Wildman–Crippen MR) is 63.3 cm³/mol. The summed E-state index contributed by atoms with van der Waals surface area (Å²) < 4.78 is 7.06. The third kappa shape index (κ3) is 3.32. The molecule has 0 aromatic carbocycles. The summed E-state index contributed by atoms with van der Waals surface area (Å²) in [6, 6.07) is 0.760. The van der Waals surface area contributed by atoms with Gasteiger partial charge in [-0.1, -0.05) is 0 Å². The summed E-state index contributed by atoms with van der Waals surface area (Å²) in [6.45, 7) is 4.78. The number of ether oxygens (including phenoxy) is 1. The predicted octanol–water partition coefficient (Wildman–Crippen LogP) is 1.48. The number of aromatic nitrogens is 2. The zero-order valence-corrected chi connectivity index (χ0v) is 10.2. The molecule has 4 nitrogen and oxygen atoms in total. The van der Waals surface area contributed by atoms with Crippen molar-refractivity contribution in [2.45, 2.75) is 45.3 Å². The van der Waals surface area contributed by atoms with Crippen LogP contribution in [0.25, 0.3) is 0 Å². The van der Waals surface area contributed by atoms with Crippen LogP contribution in [-0.2, 0) is 17.8 Å². The normalized spacial score (nSPS) is 15.6. The Hall–Kier alpha value is -0.870. The van der Waals surface area contributed by atoms with Gasteiger partial charge in [-0.05, 0) is 26.2 Å². The second kappa shape index (κ2) is 5.46. The van der Waals surface area contributed by atoms with Gasteiger partial charge in [0, 0.05) is 44.6 Å². The highest BCUT2D eigenvalue weighted by molar-refractivity contribution is 5.15. The first-order valence-corrected chi connectivity index (χ1v) is 6.05. The molecule has 16 heavy (non-hydrogen) atoms. The quantitative estimate of drug-likeness (QED) is 0.712. The van der Waals surface area contributed by atoms with Crippen molar-refractivity contribution in [3.63, 3.8) is 0 Å². The number of nitrogens with zero attached hydrogens (tertiary/aromatic N) is 2. The number of aryl methyl sites for hydroxylation is 2. The molecule has 90 valence electrons. The lowest BCUT2D eigenvalue weighted by molar-refractivity contribution is 0.189. The van der Waals surface area contributed by atoms with E-state index in [0.29, 0.717) is 0 Å². The van der Waals surface area contributed by atoms with Gasteiger partial charge in [0.05, 0.1) is 5.69 Å². The van der Waals surface area contributed by atoms with E-state index in [2.05, 4.69) is 23.5 Å². The molecule has 0 radical (unpaired) electrons. The summed E-state index contributed by atoms with van der Waals surface area (Å²) in [5, 5.41) is 8.02. The molecule has 1 heterocycles. The van der Waals surface area contributed by atoms with Crippen LogP contribution in [0.15, 0.2) is 6.20 Å². The molecule has 1 aromatic rings. The maximum atomic E-state index is 5.03. The maximum Gasteiger partial charge on any atom is 0.0638 e. The number of rotatable bonds is 7. The fourth-order valence-electron chi connectivity index (χ4n) is 1.76. The van der Waals surface area contributed by atoms with E-state index in [4.69, 9.17) is 4.74 Å². The molecule has 0 atom stereocenters. The van der Waals surface area contributed by atoms with Crippen LogP contribution >= 0.6 is 0 Å². The second-order valence-electron chi connectivity index (χ2n) is 4.50. The molecule has 1 aliphatic rings. The Morgan fingerprint density at radius 3 is 3.06 bits per heavy atom. The topological polar surface area (TPSA) is 39.1 Å². The minimum Gasteiger partial charge on any atom is -0.385 e. The number of hydrogen-bond donors (Lipinski definition) is 1. The molecule has 0 bridgehead atoms. The molecule has 0 aliphatic heterocycles. The molecule has 0 unspecified atom stereocenters. The van der Waals surface area contributed by atoms with Crippen LogP contribution in [-0.4, -0.2) is 29.5 Å². The van der Waals surface area contributed by atoms with E-state index < -0.39 is 0 Å². The maximum absolute atomic E-state index is 5.03. The average Bonchev–Trinajstić information content (AvgIpc) is 3.02. The lowest BCUT2D eigenvalue weighted by Crippen LogP contribution is -2.15. The summed E-state index contributed by atoms with van der Waals surface area (Å²) in [6.07, 6.45) is 5.84. The average molecular weight is 223 g/mol. The smallest absolute Gasteiger partial charge is 0.0638 e. The molecule has 0 saturated heterocycles. The van der Waals surface area contributed by atoms with Gasteiger partial charge in [-0.25, -0.2) is 0 Å². The second-order valence-corrected chi connectivity index (χ2v) is 4.50. The molecular formula is C12H21N3O. The van der Waals surface area contributed by atoms with Crippen LogP contribution < -0.4 is 5.32 Å². The van der Waals surface area contributed by atoms with Gasteiger partial charge in [0.2, 0.25) is 0 Å². The highest BCUT2D eigenvalue weighted by Gasteiger charge is 2.20. The summed E-state index contributed by atoms with van der Waals surface area (Å²) in [7, 11) is 1.74. The Bertz CT molecular complexity index is 331. The van der Waals surface area contributed by atoms with Crippen molar-refractivity contribution >= 4 is 0 Å². The first-order valence-electron chi connectivity index (χ1n) is 6.05. The van der Waals surface area contributed by atoms with Crippen molar-refractivity contribution in [1.82, 2.24) is 15.1 Å². The Labute approximate surface area is 97.0 Å². The first-order chi connectivity index (χ1) is 7.79. The van der Waals surface area contributed by atoms with Gasteiger partial charge >= 0.3 is 0 Å². The highest BCUT2D eigenvalue weighted by atomic mass is 16.5. The van der Waals surface area contributed by atoms with Gasteiger partial charge in [-0.15, -0.1) is 0 Å². The van der Waals surface area contributed by atoms with Crippen molar-refractivity contribution in [2.75, 3.05) is 13.7 Å². The Kier molecular flexibility index (Phi) is 3.96. The van der Waals surface area contributed by atoms with Crippen LogP contribution in [0.1, 0.15) is 30.5 Å². The van der Waals surface area contributed by atoms with E-state index in [9.17, 15) is 0 Å². The lowest BCUT2D eigenvalue weighted by Gasteiger charge is -2.00. The molecule has 1 fully saturated rings. The van der Waals surface area contributed by atoms with E-state index in [0.717, 1.165) is 37.9 Å². The largest absolute Gasteiger partial charge is 0.385 e. The van der Waals surface area contributed by atoms with E-state index in [1.807, 2.05) is 4.68 Å². The van der Waals surface area contributed by atoms with E-state index in [-0.39, 0.29) is 0 Å². The van der Waals surface area contributed by atoms with Crippen LogP contribution in [0.5, 0.6) is 0 Å². The standard InChI is InChI=1S/C12H21N3O/c1-10-11(8-13-12-4-5-12)9-15(14-10)6-3-7-16-2/h9,12-13H,3-8H2,1-2H3.